The van der Waals surface area contributed by atoms with E-state index in [1.165, 1.54) is 30.9 Å². The Morgan fingerprint density at radius 2 is 1.95 bits per heavy atom. The first-order valence-corrected chi connectivity index (χ1v) is 7.64. The molecule has 114 valence electrons. The third-order valence-electron chi connectivity index (χ3n) is 3.80. The Bertz CT molecular complexity index is 525. The van der Waals surface area contributed by atoms with E-state index in [1.54, 1.807) is 6.92 Å². The zero-order chi connectivity index (χ0) is 15.2. The number of fused-ring (bicyclic) bond motifs is 1. The summed E-state index contributed by atoms with van der Waals surface area (Å²) in [4.78, 5) is 23.2. The molecule has 2 rings (SSSR count). The smallest absolute Gasteiger partial charge is 0.328 e. The molecule has 1 aromatic rings. The molecule has 0 spiro atoms. The molecule has 0 radical (unpaired) electrons. The summed E-state index contributed by atoms with van der Waals surface area (Å²) in [7, 11) is 0. The Morgan fingerprint density at radius 1 is 1.24 bits per heavy atom. The van der Waals surface area contributed by atoms with E-state index in [0.29, 0.717) is 13.0 Å². The molecule has 1 aromatic carbocycles. The Hall–Kier alpha value is -1.84. The average Bonchev–Trinajstić information content (AvgIpc) is 2.46. The highest BCUT2D eigenvalue weighted by molar-refractivity contribution is 5.83. The molecule has 1 unspecified atom stereocenters. The van der Waals surface area contributed by atoms with Crippen LogP contribution in [0.5, 0.6) is 0 Å². The molecular weight excluding hydrogens is 266 g/mol. The van der Waals surface area contributed by atoms with Crippen molar-refractivity contribution >= 4 is 11.9 Å². The van der Waals surface area contributed by atoms with Gasteiger partial charge in [0.25, 0.3) is 0 Å². The molecule has 0 bridgehead atoms. The molecule has 0 fully saturated rings. The molecule has 1 amide bonds. The first kappa shape index (κ1) is 15.5. The van der Waals surface area contributed by atoms with Crippen molar-refractivity contribution in [3.63, 3.8) is 0 Å². The number of amides is 1. The number of hydrogen-bond donors (Lipinski definition) is 1. The van der Waals surface area contributed by atoms with Gasteiger partial charge in [0.2, 0.25) is 5.91 Å². The van der Waals surface area contributed by atoms with Gasteiger partial charge < -0.3 is 10.1 Å². The monoisotopic (exact) mass is 289 g/mol. The SMILES string of the molecule is CCOC(=O)C(Cc1ccc2c(c1)CCCC2)NC(C)=O. The Labute approximate surface area is 125 Å². The van der Waals surface area contributed by atoms with E-state index in [0.717, 1.165) is 18.4 Å². The zero-order valence-corrected chi connectivity index (χ0v) is 12.8. The molecule has 1 aliphatic rings. The number of hydrogen-bond acceptors (Lipinski definition) is 3. The van der Waals surface area contributed by atoms with E-state index < -0.39 is 6.04 Å². The highest BCUT2D eigenvalue weighted by atomic mass is 16.5. The minimum Gasteiger partial charge on any atom is -0.464 e. The standard InChI is InChI=1S/C17H23NO3/c1-3-21-17(20)16(18-12(2)19)11-13-8-9-14-6-4-5-7-15(14)10-13/h8-10,16H,3-7,11H2,1-2H3,(H,18,19). The van der Waals surface area contributed by atoms with Gasteiger partial charge >= 0.3 is 5.97 Å². The van der Waals surface area contributed by atoms with Gasteiger partial charge in [-0.15, -0.1) is 0 Å². The van der Waals surface area contributed by atoms with Crippen LogP contribution in [0.3, 0.4) is 0 Å². The van der Waals surface area contributed by atoms with Gasteiger partial charge in [0.15, 0.2) is 0 Å². The van der Waals surface area contributed by atoms with Gasteiger partial charge in [-0.25, -0.2) is 4.79 Å². The summed E-state index contributed by atoms with van der Waals surface area (Å²) < 4.78 is 5.04. The summed E-state index contributed by atoms with van der Waals surface area (Å²) in [6.45, 7) is 3.50. The molecule has 1 N–H and O–H groups in total. The molecule has 0 saturated heterocycles. The summed E-state index contributed by atoms with van der Waals surface area (Å²) in [5.41, 5.74) is 3.86. The van der Waals surface area contributed by atoms with Crippen molar-refractivity contribution in [2.24, 2.45) is 0 Å². The van der Waals surface area contributed by atoms with E-state index in [-0.39, 0.29) is 11.9 Å². The first-order valence-electron chi connectivity index (χ1n) is 7.64. The number of esters is 1. The van der Waals surface area contributed by atoms with Crippen LogP contribution in [0.25, 0.3) is 0 Å². The minimum absolute atomic E-state index is 0.217. The van der Waals surface area contributed by atoms with Crippen molar-refractivity contribution in [2.75, 3.05) is 6.61 Å². The highest BCUT2D eigenvalue weighted by Gasteiger charge is 2.21. The molecule has 1 aliphatic carbocycles. The molecule has 21 heavy (non-hydrogen) atoms. The minimum atomic E-state index is -0.607. The fraction of sp³-hybridized carbons (Fsp3) is 0.529. The summed E-state index contributed by atoms with van der Waals surface area (Å²) in [5.74, 6) is -0.587. The Balaban J connectivity index is 2.11. The van der Waals surface area contributed by atoms with E-state index in [1.807, 2.05) is 0 Å². The van der Waals surface area contributed by atoms with Gasteiger partial charge in [-0.3, -0.25) is 4.79 Å². The second kappa shape index (κ2) is 7.25. The second-order valence-electron chi connectivity index (χ2n) is 5.52. The van der Waals surface area contributed by atoms with Gasteiger partial charge in [-0.05, 0) is 49.3 Å². The lowest BCUT2D eigenvalue weighted by atomic mass is 9.89. The lowest BCUT2D eigenvalue weighted by molar-refractivity contribution is -0.147. The van der Waals surface area contributed by atoms with E-state index >= 15 is 0 Å². The second-order valence-corrected chi connectivity index (χ2v) is 5.52. The lowest BCUT2D eigenvalue weighted by Gasteiger charge is -2.19. The molecule has 0 aromatic heterocycles. The normalized spacial score (nSPS) is 15.0. The fourth-order valence-electron chi connectivity index (χ4n) is 2.83. The topological polar surface area (TPSA) is 55.4 Å². The molecule has 1 atom stereocenters. The predicted octanol–water partition coefficient (Wildman–Crippen LogP) is 2.18. The summed E-state index contributed by atoms with van der Waals surface area (Å²) in [5, 5.41) is 2.68. The number of carbonyl (C=O) groups excluding carboxylic acids is 2. The number of carbonyl (C=O) groups is 2. The van der Waals surface area contributed by atoms with Crippen LogP contribution in [0.1, 0.15) is 43.4 Å². The van der Waals surface area contributed by atoms with Gasteiger partial charge in [-0.1, -0.05) is 18.2 Å². The van der Waals surface area contributed by atoms with E-state index in [2.05, 4.69) is 23.5 Å². The van der Waals surface area contributed by atoms with Gasteiger partial charge in [0.1, 0.15) is 6.04 Å². The van der Waals surface area contributed by atoms with Gasteiger partial charge in [0.05, 0.1) is 6.61 Å². The van der Waals surface area contributed by atoms with Crippen LogP contribution < -0.4 is 5.32 Å². The number of rotatable bonds is 5. The highest BCUT2D eigenvalue weighted by Crippen LogP contribution is 2.22. The molecule has 4 heteroatoms. The maximum atomic E-state index is 11.9. The molecule has 0 aliphatic heterocycles. The Kier molecular flexibility index (Phi) is 5.37. The molecule has 4 nitrogen and oxygen atoms in total. The van der Waals surface area contributed by atoms with Crippen LogP contribution in [-0.2, 0) is 33.6 Å². The molecule has 0 heterocycles. The van der Waals surface area contributed by atoms with Gasteiger partial charge in [0, 0.05) is 13.3 Å². The van der Waals surface area contributed by atoms with Crippen LogP contribution in [0.15, 0.2) is 18.2 Å². The first-order chi connectivity index (χ1) is 10.1. The van der Waals surface area contributed by atoms with Crippen LogP contribution in [0.2, 0.25) is 0 Å². The van der Waals surface area contributed by atoms with Crippen molar-refractivity contribution in [2.45, 2.75) is 52.0 Å². The van der Waals surface area contributed by atoms with E-state index in [9.17, 15) is 9.59 Å². The third kappa shape index (κ3) is 4.31. The Morgan fingerprint density at radius 3 is 2.62 bits per heavy atom. The van der Waals surface area contributed by atoms with Gasteiger partial charge in [-0.2, -0.15) is 0 Å². The third-order valence-corrected chi connectivity index (χ3v) is 3.80. The summed E-state index contributed by atoms with van der Waals surface area (Å²) in [6, 6.07) is 5.77. The summed E-state index contributed by atoms with van der Waals surface area (Å²) >= 11 is 0. The predicted molar refractivity (Wildman–Crippen MR) is 81.0 cm³/mol. The number of aryl methyl sites for hydroxylation is 2. The average molecular weight is 289 g/mol. The number of benzene rings is 1. The summed E-state index contributed by atoms with van der Waals surface area (Å²) in [6.07, 6.45) is 5.20. The van der Waals surface area contributed by atoms with Crippen molar-refractivity contribution in [1.82, 2.24) is 5.32 Å². The largest absolute Gasteiger partial charge is 0.464 e. The number of nitrogens with one attached hydrogen (secondary N) is 1. The maximum absolute atomic E-state index is 11.9. The van der Waals surface area contributed by atoms with E-state index in [4.69, 9.17) is 4.74 Å². The zero-order valence-electron chi connectivity index (χ0n) is 12.8. The van der Waals surface area contributed by atoms with Crippen LogP contribution in [-0.4, -0.2) is 24.5 Å². The molecule has 0 saturated carbocycles. The van der Waals surface area contributed by atoms with Crippen molar-refractivity contribution in [3.05, 3.63) is 34.9 Å². The maximum Gasteiger partial charge on any atom is 0.328 e. The van der Waals surface area contributed by atoms with Crippen molar-refractivity contribution in [1.29, 1.82) is 0 Å². The molecular formula is C17H23NO3. The van der Waals surface area contributed by atoms with Crippen LogP contribution >= 0.6 is 0 Å². The van der Waals surface area contributed by atoms with Crippen molar-refractivity contribution in [3.8, 4) is 0 Å². The van der Waals surface area contributed by atoms with Crippen LogP contribution in [0, 0.1) is 0 Å². The lowest BCUT2D eigenvalue weighted by Crippen LogP contribution is -2.42. The number of ether oxygens (including phenoxy) is 1. The quantitative estimate of drug-likeness (QED) is 0.845. The van der Waals surface area contributed by atoms with Crippen molar-refractivity contribution < 1.29 is 14.3 Å². The fourth-order valence-corrected chi connectivity index (χ4v) is 2.83. The van der Waals surface area contributed by atoms with Crippen LogP contribution in [0.4, 0.5) is 0 Å².